The largest absolute Gasteiger partial charge is 0.481 e. The summed E-state index contributed by atoms with van der Waals surface area (Å²) in [5, 5.41) is 32.1. The van der Waals surface area contributed by atoms with Gasteiger partial charge in [0.05, 0.1) is 30.0 Å². The Balaban J connectivity index is 2.03. The van der Waals surface area contributed by atoms with E-state index in [1.54, 1.807) is 30.5 Å². The maximum absolute atomic E-state index is 13.6. The molecule has 0 bridgehead atoms. The quantitative estimate of drug-likeness (QED) is 0.283. The Hall–Kier alpha value is -3.21. The van der Waals surface area contributed by atoms with Crippen LogP contribution < -0.4 is 5.32 Å². The Morgan fingerprint density at radius 1 is 1.14 bits per heavy atom. The molecule has 0 aliphatic heterocycles. The second-order valence-electron chi connectivity index (χ2n) is 8.26. The van der Waals surface area contributed by atoms with E-state index in [1.807, 2.05) is 19.9 Å². The zero-order valence-corrected chi connectivity index (χ0v) is 20.8. The molecule has 0 saturated carbocycles. The Morgan fingerprint density at radius 2 is 1.86 bits per heavy atom. The molecule has 4 N–H and O–H groups in total. The van der Waals surface area contributed by atoms with Crippen molar-refractivity contribution in [3.8, 4) is 11.3 Å². The summed E-state index contributed by atoms with van der Waals surface area (Å²) in [5.74, 6) is -0.725. The van der Waals surface area contributed by atoms with Crippen LogP contribution in [0.2, 0.25) is 0 Å². The van der Waals surface area contributed by atoms with Gasteiger partial charge in [0.25, 0.3) is 0 Å². The Morgan fingerprint density at radius 3 is 2.46 bits per heavy atom. The van der Waals surface area contributed by atoms with Crippen LogP contribution in [0.3, 0.4) is 0 Å². The lowest BCUT2D eigenvalue weighted by atomic mass is 9.97. The number of halogens is 2. The number of aliphatic hydroxyl groups is 2. The Kier molecular flexibility index (Phi) is 9.02. The first-order chi connectivity index (χ1) is 16.6. The van der Waals surface area contributed by atoms with E-state index in [-0.39, 0.29) is 18.2 Å². The van der Waals surface area contributed by atoms with Gasteiger partial charge in [-0.15, -0.1) is 0 Å². The number of carboxylic acids is 1. The van der Waals surface area contributed by atoms with Gasteiger partial charge in [0.1, 0.15) is 11.6 Å². The highest BCUT2D eigenvalue weighted by Crippen LogP contribution is 2.31. The number of carboxylic acid groups (broad SMARTS) is 1. The average Bonchev–Trinajstić information content (AvgIpc) is 2.79. The van der Waals surface area contributed by atoms with Crippen LogP contribution in [0, 0.1) is 5.82 Å². The standard InChI is InChI=1S/C25H26BrFN4O4/c1-14(2)23-20(9-8-18(32)11-19(33)12-22(34)35)24(15-3-6-17(27)7-4-15)31-25(30-23)29-21-10-5-16(26)13-28-21/h3-10,13-14,18-19,32-33H,11-12H2,1-2H3,(H,34,35)(H,28,29,30,31)/b9-8+/t18-,19-/m1/s1. The number of benzene rings is 1. The van der Waals surface area contributed by atoms with Crippen LogP contribution in [0.1, 0.15) is 43.9 Å². The molecule has 8 nitrogen and oxygen atoms in total. The van der Waals surface area contributed by atoms with Crippen LogP contribution >= 0.6 is 15.9 Å². The molecule has 2 aromatic heterocycles. The third-order valence-corrected chi connectivity index (χ3v) is 5.48. The van der Waals surface area contributed by atoms with E-state index in [4.69, 9.17) is 5.11 Å². The van der Waals surface area contributed by atoms with Crippen LogP contribution in [-0.4, -0.2) is 48.4 Å². The van der Waals surface area contributed by atoms with Crippen molar-refractivity contribution < 1.29 is 24.5 Å². The topological polar surface area (TPSA) is 128 Å². The summed E-state index contributed by atoms with van der Waals surface area (Å²) < 4.78 is 14.4. The molecule has 3 aromatic rings. The van der Waals surface area contributed by atoms with Crippen molar-refractivity contribution in [2.45, 2.75) is 44.8 Å². The van der Waals surface area contributed by atoms with E-state index >= 15 is 0 Å². The highest BCUT2D eigenvalue weighted by atomic mass is 79.9. The average molecular weight is 545 g/mol. The van der Waals surface area contributed by atoms with E-state index in [0.29, 0.717) is 34.3 Å². The minimum absolute atomic E-state index is 0.0370. The fraction of sp³-hybridized carbons (Fsp3) is 0.280. The van der Waals surface area contributed by atoms with Crippen LogP contribution in [0.15, 0.2) is 53.1 Å². The van der Waals surface area contributed by atoms with Crippen molar-refractivity contribution in [3.05, 3.63) is 70.2 Å². The molecule has 1 aromatic carbocycles. The molecule has 0 aliphatic rings. The van der Waals surface area contributed by atoms with E-state index in [1.165, 1.54) is 18.2 Å². The predicted octanol–water partition coefficient (Wildman–Crippen LogP) is 4.91. The van der Waals surface area contributed by atoms with Crippen LogP contribution in [0.5, 0.6) is 0 Å². The van der Waals surface area contributed by atoms with Gasteiger partial charge in [-0.05, 0) is 58.2 Å². The van der Waals surface area contributed by atoms with Gasteiger partial charge in [-0.3, -0.25) is 4.79 Å². The van der Waals surface area contributed by atoms with Crippen LogP contribution in [0.4, 0.5) is 16.2 Å². The molecule has 2 atom stereocenters. The molecule has 0 unspecified atom stereocenters. The second-order valence-corrected chi connectivity index (χ2v) is 9.17. The number of rotatable bonds is 10. The molecule has 2 heterocycles. The Bertz CT molecular complexity index is 1190. The van der Waals surface area contributed by atoms with Gasteiger partial charge >= 0.3 is 5.97 Å². The molecule has 10 heteroatoms. The Labute approximate surface area is 210 Å². The van der Waals surface area contributed by atoms with E-state index in [2.05, 4.69) is 36.2 Å². The number of carbonyl (C=O) groups is 1. The van der Waals surface area contributed by atoms with Gasteiger partial charge in [0.2, 0.25) is 5.95 Å². The molecular formula is C25H26BrFN4O4. The summed E-state index contributed by atoms with van der Waals surface area (Å²) in [5.41, 5.74) is 2.45. The van der Waals surface area contributed by atoms with Crippen molar-refractivity contribution in [1.82, 2.24) is 15.0 Å². The number of pyridine rings is 1. The predicted molar refractivity (Wildman–Crippen MR) is 135 cm³/mol. The molecule has 0 fully saturated rings. The van der Waals surface area contributed by atoms with Crippen molar-refractivity contribution in [1.29, 1.82) is 0 Å². The highest BCUT2D eigenvalue weighted by molar-refractivity contribution is 9.10. The van der Waals surface area contributed by atoms with Gasteiger partial charge in [-0.1, -0.05) is 26.0 Å². The van der Waals surface area contributed by atoms with Crippen molar-refractivity contribution in [3.63, 3.8) is 0 Å². The van der Waals surface area contributed by atoms with Gasteiger partial charge < -0.3 is 20.6 Å². The minimum Gasteiger partial charge on any atom is -0.481 e. The zero-order chi connectivity index (χ0) is 25.5. The minimum atomic E-state index is -1.19. The van der Waals surface area contributed by atoms with Gasteiger partial charge in [0.15, 0.2) is 0 Å². The molecule has 0 saturated heterocycles. The first-order valence-electron chi connectivity index (χ1n) is 10.9. The molecule has 0 spiro atoms. The summed E-state index contributed by atoms with van der Waals surface area (Å²) in [6.45, 7) is 3.92. The number of aliphatic hydroxyl groups excluding tert-OH is 2. The number of anilines is 2. The SMILES string of the molecule is CC(C)c1nc(Nc2ccc(Br)cn2)nc(-c2ccc(F)cc2)c1/C=C/[C@@H](O)C[C@@H](O)CC(=O)O. The van der Waals surface area contributed by atoms with Gasteiger partial charge in [0, 0.05) is 28.2 Å². The normalized spacial score (nSPS) is 13.2. The summed E-state index contributed by atoms with van der Waals surface area (Å²) in [7, 11) is 0. The van der Waals surface area contributed by atoms with Gasteiger partial charge in [-0.2, -0.15) is 0 Å². The maximum atomic E-state index is 13.6. The number of hydrogen-bond acceptors (Lipinski definition) is 7. The lowest BCUT2D eigenvalue weighted by Crippen LogP contribution is -2.19. The summed E-state index contributed by atoms with van der Waals surface area (Å²) in [6, 6.07) is 9.48. The summed E-state index contributed by atoms with van der Waals surface area (Å²) in [4.78, 5) is 24.4. The fourth-order valence-electron chi connectivity index (χ4n) is 3.39. The zero-order valence-electron chi connectivity index (χ0n) is 19.2. The highest BCUT2D eigenvalue weighted by Gasteiger charge is 2.19. The molecule has 3 rings (SSSR count). The van der Waals surface area contributed by atoms with Crippen molar-refractivity contribution in [2.24, 2.45) is 0 Å². The van der Waals surface area contributed by atoms with Crippen LogP contribution in [-0.2, 0) is 4.79 Å². The first-order valence-corrected chi connectivity index (χ1v) is 11.7. The number of nitrogens with zero attached hydrogens (tertiary/aromatic N) is 3. The molecule has 35 heavy (non-hydrogen) atoms. The third-order valence-electron chi connectivity index (χ3n) is 5.02. The van der Waals surface area contributed by atoms with E-state index < -0.39 is 24.6 Å². The van der Waals surface area contributed by atoms with E-state index in [0.717, 1.165) is 4.47 Å². The van der Waals surface area contributed by atoms with Crippen molar-refractivity contribution >= 4 is 39.7 Å². The fourth-order valence-corrected chi connectivity index (χ4v) is 3.62. The third kappa shape index (κ3) is 7.64. The molecule has 0 aliphatic carbocycles. The number of nitrogens with one attached hydrogen (secondary N) is 1. The van der Waals surface area contributed by atoms with Crippen LogP contribution in [0.25, 0.3) is 17.3 Å². The van der Waals surface area contributed by atoms with Gasteiger partial charge in [-0.25, -0.2) is 19.3 Å². The first kappa shape index (κ1) is 26.4. The molecule has 184 valence electrons. The maximum Gasteiger partial charge on any atom is 0.305 e. The smallest absolute Gasteiger partial charge is 0.305 e. The number of aromatic nitrogens is 3. The molecular weight excluding hydrogens is 519 g/mol. The molecule has 0 amide bonds. The second kappa shape index (κ2) is 12.0. The number of hydrogen-bond donors (Lipinski definition) is 4. The lowest BCUT2D eigenvalue weighted by molar-refractivity contribution is -0.139. The summed E-state index contributed by atoms with van der Waals surface area (Å²) >= 11 is 3.35. The van der Waals surface area contributed by atoms with Crippen molar-refractivity contribution in [2.75, 3.05) is 5.32 Å². The number of aliphatic carboxylic acids is 1. The lowest BCUT2D eigenvalue weighted by Gasteiger charge is -2.17. The summed E-state index contributed by atoms with van der Waals surface area (Å²) in [6.07, 6.45) is 1.88. The monoisotopic (exact) mass is 544 g/mol. The molecule has 0 radical (unpaired) electrons. The van der Waals surface area contributed by atoms with E-state index in [9.17, 15) is 19.4 Å².